The van der Waals surface area contributed by atoms with Gasteiger partial charge in [0.05, 0.1) is 17.5 Å². The molecule has 1 amide bonds. The van der Waals surface area contributed by atoms with Crippen LogP contribution in [0, 0.1) is 5.92 Å². The zero-order chi connectivity index (χ0) is 17.1. The van der Waals surface area contributed by atoms with E-state index in [4.69, 9.17) is 5.73 Å². The molecule has 2 aromatic rings. The molecule has 0 saturated carbocycles. The topological polar surface area (TPSA) is 77.0 Å². The second-order valence-electron chi connectivity index (χ2n) is 6.47. The SMILES string of the molecule is CCc1c(C(=O)N2CCC[C@@H]([C@H](C)N)C2)cnn1-c1ccccn1. The Morgan fingerprint density at radius 3 is 2.96 bits per heavy atom. The lowest BCUT2D eigenvalue weighted by Gasteiger charge is -2.34. The predicted molar refractivity (Wildman–Crippen MR) is 93.0 cm³/mol. The second kappa shape index (κ2) is 7.13. The van der Waals surface area contributed by atoms with Crippen LogP contribution in [0.2, 0.25) is 0 Å². The molecule has 3 heterocycles. The smallest absolute Gasteiger partial charge is 0.257 e. The summed E-state index contributed by atoms with van der Waals surface area (Å²) < 4.78 is 1.76. The third-order valence-corrected chi connectivity index (χ3v) is 4.79. The summed E-state index contributed by atoms with van der Waals surface area (Å²) in [6.45, 7) is 5.58. The summed E-state index contributed by atoms with van der Waals surface area (Å²) in [4.78, 5) is 19.3. The van der Waals surface area contributed by atoms with E-state index >= 15 is 0 Å². The third-order valence-electron chi connectivity index (χ3n) is 4.79. The van der Waals surface area contributed by atoms with Gasteiger partial charge >= 0.3 is 0 Å². The van der Waals surface area contributed by atoms with Crippen LogP contribution in [-0.2, 0) is 6.42 Å². The minimum Gasteiger partial charge on any atom is -0.338 e. The zero-order valence-electron chi connectivity index (χ0n) is 14.4. The molecule has 0 aliphatic carbocycles. The van der Waals surface area contributed by atoms with Crippen molar-refractivity contribution in [2.45, 2.75) is 39.2 Å². The molecule has 1 aliphatic heterocycles. The standard InChI is InChI=1S/C18H25N5O/c1-3-16-15(11-21-23(16)17-8-4-5-9-20-17)18(24)22-10-6-7-14(12-22)13(2)19/h4-5,8-9,11,13-14H,3,6-7,10,12,19H2,1-2H3/t13-,14+/m0/s1. The van der Waals surface area contributed by atoms with Gasteiger partial charge in [-0.25, -0.2) is 9.67 Å². The molecule has 1 saturated heterocycles. The van der Waals surface area contributed by atoms with Crippen molar-refractivity contribution in [2.75, 3.05) is 13.1 Å². The van der Waals surface area contributed by atoms with Gasteiger partial charge < -0.3 is 10.6 Å². The molecule has 0 bridgehead atoms. The molecule has 0 unspecified atom stereocenters. The Morgan fingerprint density at radius 2 is 2.29 bits per heavy atom. The largest absolute Gasteiger partial charge is 0.338 e. The van der Waals surface area contributed by atoms with E-state index in [0.717, 1.165) is 43.9 Å². The molecule has 0 aromatic carbocycles. The summed E-state index contributed by atoms with van der Waals surface area (Å²) in [7, 11) is 0. The number of aromatic nitrogens is 3. The van der Waals surface area contributed by atoms with E-state index in [1.807, 2.05) is 36.9 Å². The Kier molecular flexibility index (Phi) is 4.94. The van der Waals surface area contributed by atoms with Crippen LogP contribution in [-0.4, -0.2) is 44.7 Å². The van der Waals surface area contributed by atoms with E-state index in [2.05, 4.69) is 10.1 Å². The van der Waals surface area contributed by atoms with Gasteiger partial charge in [0.15, 0.2) is 5.82 Å². The van der Waals surface area contributed by atoms with E-state index in [0.29, 0.717) is 11.5 Å². The first-order valence-corrected chi connectivity index (χ1v) is 8.65. The van der Waals surface area contributed by atoms with Crippen molar-refractivity contribution >= 4 is 5.91 Å². The molecule has 0 spiro atoms. The van der Waals surface area contributed by atoms with Crippen molar-refractivity contribution in [2.24, 2.45) is 11.7 Å². The van der Waals surface area contributed by atoms with E-state index in [1.54, 1.807) is 17.1 Å². The van der Waals surface area contributed by atoms with Gasteiger partial charge in [-0.15, -0.1) is 0 Å². The maximum atomic E-state index is 13.0. The van der Waals surface area contributed by atoms with Crippen LogP contribution < -0.4 is 5.73 Å². The molecule has 3 rings (SSSR count). The van der Waals surface area contributed by atoms with E-state index < -0.39 is 0 Å². The molecule has 2 atom stereocenters. The van der Waals surface area contributed by atoms with E-state index in [1.165, 1.54) is 0 Å². The van der Waals surface area contributed by atoms with Crippen molar-refractivity contribution in [1.29, 1.82) is 0 Å². The summed E-state index contributed by atoms with van der Waals surface area (Å²) in [5, 5.41) is 4.41. The number of carbonyl (C=O) groups is 1. The van der Waals surface area contributed by atoms with Crippen molar-refractivity contribution in [3.05, 3.63) is 41.9 Å². The van der Waals surface area contributed by atoms with Gasteiger partial charge in [-0.1, -0.05) is 13.0 Å². The first-order valence-electron chi connectivity index (χ1n) is 8.65. The lowest BCUT2D eigenvalue weighted by atomic mass is 9.92. The first-order chi connectivity index (χ1) is 11.6. The first kappa shape index (κ1) is 16.6. The molecule has 6 nitrogen and oxygen atoms in total. The molecular formula is C18H25N5O. The number of amides is 1. The van der Waals surface area contributed by atoms with E-state index in [-0.39, 0.29) is 11.9 Å². The maximum absolute atomic E-state index is 13.0. The van der Waals surface area contributed by atoms with Gasteiger partial charge in [-0.3, -0.25) is 4.79 Å². The summed E-state index contributed by atoms with van der Waals surface area (Å²) in [6, 6.07) is 5.80. The number of likely N-dealkylation sites (tertiary alicyclic amines) is 1. The van der Waals surface area contributed by atoms with Crippen molar-refractivity contribution in [3.63, 3.8) is 0 Å². The third kappa shape index (κ3) is 3.19. The number of piperidine rings is 1. The molecule has 128 valence electrons. The van der Waals surface area contributed by atoms with Crippen molar-refractivity contribution < 1.29 is 4.79 Å². The fourth-order valence-corrected chi connectivity index (χ4v) is 3.36. The summed E-state index contributed by atoms with van der Waals surface area (Å²) in [6.07, 6.45) is 6.23. The average molecular weight is 327 g/mol. The fraction of sp³-hybridized carbons (Fsp3) is 0.500. The van der Waals surface area contributed by atoms with Gasteiger partial charge in [0, 0.05) is 25.3 Å². The van der Waals surface area contributed by atoms with E-state index in [9.17, 15) is 4.79 Å². The molecule has 1 fully saturated rings. The van der Waals surface area contributed by atoms with Crippen LogP contribution in [0.5, 0.6) is 0 Å². The van der Waals surface area contributed by atoms with Gasteiger partial charge in [0.1, 0.15) is 0 Å². The lowest BCUT2D eigenvalue weighted by molar-refractivity contribution is 0.0660. The molecule has 24 heavy (non-hydrogen) atoms. The Hall–Kier alpha value is -2.21. The average Bonchev–Trinajstić information content (AvgIpc) is 3.05. The Balaban J connectivity index is 1.87. The second-order valence-corrected chi connectivity index (χ2v) is 6.47. The summed E-state index contributed by atoms with van der Waals surface area (Å²) >= 11 is 0. The minimum atomic E-state index is 0.0550. The zero-order valence-corrected chi connectivity index (χ0v) is 14.4. The maximum Gasteiger partial charge on any atom is 0.257 e. The minimum absolute atomic E-state index is 0.0550. The number of nitrogens with two attached hydrogens (primary N) is 1. The number of hydrogen-bond donors (Lipinski definition) is 1. The highest BCUT2D eigenvalue weighted by Crippen LogP contribution is 2.22. The van der Waals surface area contributed by atoms with Crippen molar-refractivity contribution in [1.82, 2.24) is 19.7 Å². The monoisotopic (exact) mass is 327 g/mol. The van der Waals surface area contributed by atoms with Gasteiger partial charge in [-0.2, -0.15) is 5.10 Å². The number of rotatable bonds is 4. The van der Waals surface area contributed by atoms with Crippen LogP contribution in [0.4, 0.5) is 0 Å². The summed E-state index contributed by atoms with van der Waals surface area (Å²) in [5.41, 5.74) is 7.62. The number of hydrogen-bond acceptors (Lipinski definition) is 4. The number of nitrogens with zero attached hydrogens (tertiary/aromatic N) is 4. The summed E-state index contributed by atoms with van der Waals surface area (Å²) in [5.74, 6) is 1.17. The highest BCUT2D eigenvalue weighted by atomic mass is 16.2. The fourth-order valence-electron chi connectivity index (χ4n) is 3.36. The van der Waals surface area contributed by atoms with Gasteiger partial charge in [0.2, 0.25) is 0 Å². The van der Waals surface area contributed by atoms with Gasteiger partial charge in [-0.05, 0) is 44.2 Å². The van der Waals surface area contributed by atoms with Crippen LogP contribution >= 0.6 is 0 Å². The molecule has 6 heteroatoms. The van der Waals surface area contributed by atoms with Crippen LogP contribution in [0.1, 0.15) is 42.7 Å². The molecule has 2 aromatic heterocycles. The molecule has 2 N–H and O–H groups in total. The highest BCUT2D eigenvalue weighted by molar-refractivity contribution is 5.95. The van der Waals surface area contributed by atoms with Gasteiger partial charge in [0.25, 0.3) is 5.91 Å². The Labute approximate surface area is 142 Å². The van der Waals surface area contributed by atoms with Crippen LogP contribution in [0.15, 0.2) is 30.6 Å². The number of carbonyl (C=O) groups excluding carboxylic acids is 1. The quantitative estimate of drug-likeness (QED) is 0.932. The van der Waals surface area contributed by atoms with Crippen LogP contribution in [0.25, 0.3) is 5.82 Å². The Morgan fingerprint density at radius 1 is 1.46 bits per heavy atom. The lowest BCUT2D eigenvalue weighted by Crippen LogP contribution is -2.45. The highest BCUT2D eigenvalue weighted by Gasteiger charge is 2.28. The molecule has 1 aliphatic rings. The Bertz CT molecular complexity index is 695. The van der Waals surface area contributed by atoms with Crippen LogP contribution in [0.3, 0.4) is 0 Å². The predicted octanol–water partition coefficient (Wildman–Crippen LogP) is 2.03. The molecular weight excluding hydrogens is 302 g/mol. The number of pyridine rings is 1. The normalized spacial score (nSPS) is 19.3. The van der Waals surface area contributed by atoms with Crippen molar-refractivity contribution in [3.8, 4) is 5.82 Å². The molecule has 0 radical (unpaired) electrons.